The molecule has 5 heteroatoms. The minimum absolute atomic E-state index is 0.0804. The maximum atomic E-state index is 13.7. The van der Waals surface area contributed by atoms with Gasteiger partial charge in [0.2, 0.25) is 0 Å². The molecule has 5 nitrogen and oxygen atoms in total. The van der Waals surface area contributed by atoms with Crippen LogP contribution >= 0.6 is 0 Å². The Bertz CT molecular complexity index is 1350. The average molecular weight is 426 g/mol. The molecule has 2 aromatic carbocycles. The van der Waals surface area contributed by atoms with E-state index in [1.165, 1.54) is 0 Å². The highest BCUT2D eigenvalue weighted by Gasteiger charge is 2.39. The van der Waals surface area contributed by atoms with Crippen LogP contribution in [-0.4, -0.2) is 10.4 Å². The number of benzene rings is 2. The highest BCUT2D eigenvalue weighted by molar-refractivity contribution is 6.01. The van der Waals surface area contributed by atoms with Gasteiger partial charge in [-0.25, -0.2) is 0 Å². The lowest BCUT2D eigenvalue weighted by Gasteiger charge is -2.34. The molecule has 1 aliphatic carbocycles. The van der Waals surface area contributed by atoms with Gasteiger partial charge in [0.1, 0.15) is 0 Å². The van der Waals surface area contributed by atoms with Crippen LogP contribution in [-0.2, 0) is 11.3 Å². The van der Waals surface area contributed by atoms with Crippen LogP contribution in [0, 0.1) is 5.41 Å². The lowest BCUT2D eigenvalue weighted by Crippen LogP contribution is -2.34. The lowest BCUT2D eigenvalue weighted by atomic mass is 9.73. The predicted octanol–water partition coefficient (Wildman–Crippen LogP) is 5.41. The van der Waals surface area contributed by atoms with E-state index in [0.717, 1.165) is 34.4 Å². The van der Waals surface area contributed by atoms with Crippen LogP contribution in [0.2, 0.25) is 0 Å². The summed E-state index contributed by atoms with van der Waals surface area (Å²) in [5, 5.41) is 8.00. The van der Waals surface area contributed by atoms with E-state index in [9.17, 15) is 9.59 Å². The number of anilines is 2. The smallest absolute Gasteiger partial charge is 0.256 e. The molecule has 2 heterocycles. The molecule has 2 N–H and O–H groups in total. The van der Waals surface area contributed by atoms with E-state index in [-0.39, 0.29) is 16.8 Å². The van der Waals surface area contributed by atoms with E-state index in [4.69, 9.17) is 0 Å². The van der Waals surface area contributed by atoms with E-state index in [1.807, 2.05) is 54.6 Å². The molecule has 1 atom stereocenters. The van der Waals surface area contributed by atoms with E-state index in [1.54, 1.807) is 10.6 Å². The largest absolute Gasteiger partial charge is 0.372 e. The SMILES string of the molecule is C=CCn1c(=O)c(C2Nc3ccccc3NC3=C2C(=O)CC(C)(C)C3)cc2ccccc21. The van der Waals surface area contributed by atoms with Crippen LogP contribution in [0.3, 0.4) is 0 Å². The van der Waals surface area contributed by atoms with Crippen molar-refractivity contribution >= 4 is 28.1 Å². The molecule has 0 radical (unpaired) electrons. The van der Waals surface area contributed by atoms with Gasteiger partial charge in [0.05, 0.1) is 22.9 Å². The third kappa shape index (κ3) is 3.34. The number of aromatic nitrogens is 1. The van der Waals surface area contributed by atoms with Gasteiger partial charge in [0.25, 0.3) is 5.56 Å². The zero-order valence-electron chi connectivity index (χ0n) is 18.4. The fourth-order valence-electron chi connectivity index (χ4n) is 4.99. The zero-order valence-corrected chi connectivity index (χ0v) is 18.4. The van der Waals surface area contributed by atoms with Gasteiger partial charge in [-0.3, -0.25) is 9.59 Å². The predicted molar refractivity (Wildman–Crippen MR) is 130 cm³/mol. The molecule has 1 aromatic heterocycles. The van der Waals surface area contributed by atoms with Crippen molar-refractivity contribution in [2.24, 2.45) is 5.41 Å². The standard InChI is InChI=1S/C27H27N3O2/c1-4-13-30-22-12-8-5-9-17(22)14-18(26(30)32)25-24-21(15-27(2,3)16-23(24)31)28-19-10-6-7-11-20(19)29-25/h4-12,14,25,28-29H,1,13,15-16H2,2-3H3. The fourth-order valence-corrected chi connectivity index (χ4v) is 4.99. The van der Waals surface area contributed by atoms with Gasteiger partial charge in [-0.1, -0.05) is 50.3 Å². The van der Waals surface area contributed by atoms with Crippen LogP contribution in [0.1, 0.15) is 38.3 Å². The first-order valence-electron chi connectivity index (χ1n) is 11.0. The number of hydrogen-bond acceptors (Lipinski definition) is 4. The molecule has 0 amide bonds. The van der Waals surface area contributed by atoms with E-state index in [0.29, 0.717) is 24.1 Å². The van der Waals surface area contributed by atoms with Crippen molar-refractivity contribution in [2.75, 3.05) is 10.6 Å². The molecular formula is C27H27N3O2. The van der Waals surface area contributed by atoms with Crippen molar-refractivity contribution in [3.8, 4) is 0 Å². The molecule has 162 valence electrons. The molecule has 0 saturated carbocycles. The Hall–Kier alpha value is -3.60. The lowest BCUT2D eigenvalue weighted by molar-refractivity contribution is -0.118. The van der Waals surface area contributed by atoms with Gasteiger partial charge >= 0.3 is 0 Å². The molecule has 0 fully saturated rings. The number of nitrogens with one attached hydrogen (secondary N) is 2. The number of ketones is 1. The summed E-state index contributed by atoms with van der Waals surface area (Å²) in [7, 11) is 0. The second kappa shape index (κ2) is 7.52. The van der Waals surface area contributed by atoms with Gasteiger partial charge in [0, 0.05) is 29.8 Å². The zero-order chi connectivity index (χ0) is 22.5. The highest BCUT2D eigenvalue weighted by atomic mass is 16.1. The maximum Gasteiger partial charge on any atom is 0.256 e. The Morgan fingerprint density at radius 2 is 1.78 bits per heavy atom. The molecule has 0 saturated heterocycles. The van der Waals surface area contributed by atoms with Crippen molar-refractivity contribution in [3.63, 3.8) is 0 Å². The van der Waals surface area contributed by atoms with Crippen molar-refractivity contribution in [1.82, 2.24) is 4.57 Å². The number of rotatable bonds is 3. The minimum atomic E-state index is -0.530. The number of pyridine rings is 1. The molecule has 2 aliphatic rings. The van der Waals surface area contributed by atoms with Crippen molar-refractivity contribution in [1.29, 1.82) is 0 Å². The molecule has 3 aromatic rings. The quantitative estimate of drug-likeness (QED) is 0.551. The Balaban J connectivity index is 1.78. The van der Waals surface area contributed by atoms with Crippen LogP contribution in [0.15, 0.2) is 83.3 Å². The van der Waals surface area contributed by atoms with Crippen molar-refractivity contribution in [2.45, 2.75) is 39.3 Å². The summed E-state index contributed by atoms with van der Waals surface area (Å²) in [6, 6.07) is 17.1. The first kappa shape index (κ1) is 20.3. The highest BCUT2D eigenvalue weighted by Crippen LogP contribution is 2.45. The number of hydrogen-bond donors (Lipinski definition) is 2. The first-order valence-corrected chi connectivity index (χ1v) is 11.0. The Kier molecular flexibility index (Phi) is 4.77. The third-order valence-electron chi connectivity index (χ3n) is 6.37. The fraction of sp³-hybridized carbons (Fsp3) is 0.259. The second-order valence-electron chi connectivity index (χ2n) is 9.44. The summed E-state index contributed by atoms with van der Waals surface area (Å²) in [6.07, 6.45) is 2.93. The maximum absolute atomic E-state index is 13.7. The van der Waals surface area contributed by atoms with Crippen LogP contribution in [0.4, 0.5) is 11.4 Å². The summed E-state index contributed by atoms with van der Waals surface area (Å²) in [6.45, 7) is 8.47. The van der Waals surface area contributed by atoms with E-state index >= 15 is 0 Å². The Morgan fingerprint density at radius 1 is 1.06 bits per heavy atom. The van der Waals surface area contributed by atoms with Crippen LogP contribution in [0.25, 0.3) is 10.9 Å². The molecule has 5 rings (SSSR count). The van der Waals surface area contributed by atoms with Crippen molar-refractivity contribution < 1.29 is 4.79 Å². The average Bonchev–Trinajstić information content (AvgIpc) is 2.91. The second-order valence-corrected chi connectivity index (χ2v) is 9.44. The topological polar surface area (TPSA) is 63.1 Å². The monoisotopic (exact) mass is 425 g/mol. The number of para-hydroxylation sites is 3. The van der Waals surface area contributed by atoms with Gasteiger partial charge in [-0.05, 0) is 41.5 Å². The van der Waals surface area contributed by atoms with Gasteiger partial charge < -0.3 is 15.2 Å². The van der Waals surface area contributed by atoms with Crippen LogP contribution < -0.4 is 16.2 Å². The normalized spacial score (nSPS) is 19.4. The molecule has 0 bridgehead atoms. The summed E-state index contributed by atoms with van der Waals surface area (Å²) in [5.74, 6) is 0.0804. The third-order valence-corrected chi connectivity index (χ3v) is 6.37. The first-order chi connectivity index (χ1) is 15.4. The number of fused-ring (bicyclic) bond motifs is 2. The number of nitrogens with zero attached hydrogens (tertiary/aromatic N) is 1. The number of allylic oxidation sites excluding steroid dienone is 2. The summed E-state index contributed by atoms with van der Waals surface area (Å²) < 4.78 is 1.74. The summed E-state index contributed by atoms with van der Waals surface area (Å²) >= 11 is 0. The molecule has 0 spiro atoms. The Morgan fingerprint density at radius 3 is 2.56 bits per heavy atom. The van der Waals surface area contributed by atoms with Crippen molar-refractivity contribution in [3.05, 3.63) is 94.4 Å². The number of carbonyl (C=O) groups is 1. The minimum Gasteiger partial charge on any atom is -0.372 e. The molecular weight excluding hydrogens is 398 g/mol. The van der Waals surface area contributed by atoms with Gasteiger partial charge in [-0.15, -0.1) is 6.58 Å². The van der Waals surface area contributed by atoms with Gasteiger partial charge in [0.15, 0.2) is 5.78 Å². The molecule has 32 heavy (non-hydrogen) atoms. The van der Waals surface area contributed by atoms with Gasteiger partial charge in [-0.2, -0.15) is 0 Å². The summed E-state index contributed by atoms with van der Waals surface area (Å²) in [5.41, 5.74) is 4.54. The summed E-state index contributed by atoms with van der Waals surface area (Å²) in [4.78, 5) is 27.2. The number of Topliss-reactive ketones (excluding diaryl/α,β-unsaturated/α-hetero) is 1. The Labute approximate surface area is 187 Å². The van der Waals surface area contributed by atoms with E-state index in [2.05, 4.69) is 31.1 Å². The van der Waals surface area contributed by atoms with E-state index < -0.39 is 6.04 Å². The number of carbonyl (C=O) groups excluding carboxylic acids is 1. The molecule has 1 aliphatic heterocycles. The molecule has 1 unspecified atom stereocenters. The van der Waals surface area contributed by atoms with Crippen LogP contribution in [0.5, 0.6) is 0 Å².